The van der Waals surface area contributed by atoms with E-state index in [0.29, 0.717) is 18.0 Å². The maximum absolute atomic E-state index is 12.2. The highest BCUT2D eigenvalue weighted by molar-refractivity contribution is 7.80. The lowest BCUT2D eigenvalue weighted by molar-refractivity contribution is -0.142. The van der Waals surface area contributed by atoms with E-state index in [1.807, 2.05) is 13.8 Å². The van der Waals surface area contributed by atoms with Crippen LogP contribution in [0.3, 0.4) is 0 Å². The first-order valence-corrected chi connectivity index (χ1v) is 7.19. The van der Waals surface area contributed by atoms with Gasteiger partial charge in [-0.05, 0) is 26.2 Å². The van der Waals surface area contributed by atoms with Crippen LogP contribution in [0.15, 0.2) is 0 Å². The molecule has 0 aromatic heterocycles. The standard InChI is InChI=1S/C13H25N3O2S/c1-4-13(2,18-3)12(17)15-10-5-7-16(8-6-10)9-11(14)19/h10H,4-9H2,1-3H3,(H2,14,19)(H,15,17). The van der Waals surface area contributed by atoms with E-state index >= 15 is 0 Å². The Morgan fingerprint density at radius 3 is 2.53 bits per heavy atom. The highest BCUT2D eigenvalue weighted by Crippen LogP contribution is 2.16. The molecule has 1 rings (SSSR count). The first-order valence-electron chi connectivity index (χ1n) is 6.78. The third-order valence-electron chi connectivity index (χ3n) is 3.91. The molecule has 110 valence electrons. The SMILES string of the molecule is CCC(C)(OC)C(=O)NC1CCN(CC(N)=S)CC1. The predicted molar refractivity (Wildman–Crippen MR) is 80.1 cm³/mol. The molecule has 1 saturated heterocycles. The number of nitrogens with one attached hydrogen (secondary N) is 1. The van der Waals surface area contributed by atoms with E-state index in [1.165, 1.54) is 0 Å². The first-order chi connectivity index (χ1) is 8.91. The number of rotatable bonds is 6. The Morgan fingerprint density at radius 2 is 2.11 bits per heavy atom. The van der Waals surface area contributed by atoms with Crippen molar-refractivity contribution in [3.8, 4) is 0 Å². The van der Waals surface area contributed by atoms with Crippen molar-refractivity contribution in [2.75, 3.05) is 26.7 Å². The van der Waals surface area contributed by atoms with E-state index in [4.69, 9.17) is 22.7 Å². The summed E-state index contributed by atoms with van der Waals surface area (Å²) in [6, 6.07) is 0.219. The minimum absolute atomic E-state index is 0.0229. The van der Waals surface area contributed by atoms with Crippen LogP contribution in [0.25, 0.3) is 0 Å². The van der Waals surface area contributed by atoms with Gasteiger partial charge < -0.3 is 15.8 Å². The highest BCUT2D eigenvalue weighted by atomic mass is 32.1. The van der Waals surface area contributed by atoms with Crippen molar-refractivity contribution in [3.63, 3.8) is 0 Å². The van der Waals surface area contributed by atoms with E-state index in [2.05, 4.69) is 10.2 Å². The third-order valence-corrected chi connectivity index (χ3v) is 4.04. The number of hydrogen-bond acceptors (Lipinski definition) is 4. The number of carbonyl (C=O) groups excluding carboxylic acids is 1. The first kappa shape index (κ1) is 16.3. The van der Waals surface area contributed by atoms with Crippen molar-refractivity contribution in [3.05, 3.63) is 0 Å². The minimum Gasteiger partial charge on any atom is -0.392 e. The van der Waals surface area contributed by atoms with E-state index in [9.17, 15) is 4.79 Å². The summed E-state index contributed by atoms with van der Waals surface area (Å²) >= 11 is 4.91. The van der Waals surface area contributed by atoms with Gasteiger partial charge in [-0.1, -0.05) is 19.1 Å². The Balaban J connectivity index is 2.40. The number of thiocarbonyl (C=S) groups is 1. The maximum Gasteiger partial charge on any atom is 0.252 e. The number of ether oxygens (including phenoxy) is 1. The van der Waals surface area contributed by atoms with E-state index in [1.54, 1.807) is 7.11 Å². The molecule has 0 radical (unpaired) electrons. The predicted octanol–water partition coefficient (Wildman–Crippen LogP) is 0.668. The van der Waals surface area contributed by atoms with Crippen LogP contribution < -0.4 is 11.1 Å². The van der Waals surface area contributed by atoms with Crippen molar-refractivity contribution < 1.29 is 9.53 Å². The van der Waals surface area contributed by atoms with Gasteiger partial charge in [-0.25, -0.2) is 0 Å². The molecule has 0 bridgehead atoms. The Morgan fingerprint density at radius 1 is 1.53 bits per heavy atom. The average Bonchev–Trinajstić information content (AvgIpc) is 2.39. The van der Waals surface area contributed by atoms with Crippen LogP contribution in [0.1, 0.15) is 33.1 Å². The number of methoxy groups -OCH3 is 1. The number of likely N-dealkylation sites (tertiary alicyclic amines) is 1. The maximum atomic E-state index is 12.2. The van der Waals surface area contributed by atoms with Gasteiger partial charge in [0.15, 0.2) is 0 Å². The van der Waals surface area contributed by atoms with Crippen LogP contribution >= 0.6 is 12.2 Å². The van der Waals surface area contributed by atoms with Gasteiger partial charge in [0, 0.05) is 32.8 Å². The molecule has 1 heterocycles. The average molecular weight is 287 g/mol. The summed E-state index contributed by atoms with van der Waals surface area (Å²) in [4.78, 5) is 14.9. The zero-order chi connectivity index (χ0) is 14.5. The zero-order valence-corrected chi connectivity index (χ0v) is 12.9. The van der Waals surface area contributed by atoms with Gasteiger partial charge in [0.1, 0.15) is 5.60 Å². The molecule has 19 heavy (non-hydrogen) atoms. The number of piperidine rings is 1. The molecule has 1 aliphatic rings. The Hall–Kier alpha value is -0.720. The number of amides is 1. The van der Waals surface area contributed by atoms with Crippen LogP contribution in [0.2, 0.25) is 0 Å². The monoisotopic (exact) mass is 287 g/mol. The lowest BCUT2D eigenvalue weighted by Crippen LogP contribution is -2.52. The fourth-order valence-electron chi connectivity index (χ4n) is 2.19. The fourth-order valence-corrected chi connectivity index (χ4v) is 2.37. The lowest BCUT2D eigenvalue weighted by Gasteiger charge is -2.34. The second kappa shape index (κ2) is 7.17. The van der Waals surface area contributed by atoms with Crippen molar-refractivity contribution in [1.82, 2.24) is 10.2 Å². The Kier molecular flexibility index (Phi) is 6.16. The second-order valence-electron chi connectivity index (χ2n) is 5.28. The van der Waals surface area contributed by atoms with Crippen LogP contribution in [-0.2, 0) is 9.53 Å². The number of carbonyl (C=O) groups is 1. The third kappa shape index (κ3) is 4.71. The number of hydrogen-bond donors (Lipinski definition) is 2. The van der Waals surface area contributed by atoms with Crippen molar-refractivity contribution in [1.29, 1.82) is 0 Å². The van der Waals surface area contributed by atoms with Gasteiger partial charge in [0.05, 0.1) is 4.99 Å². The molecule has 1 unspecified atom stereocenters. The molecule has 5 nitrogen and oxygen atoms in total. The summed E-state index contributed by atoms with van der Waals surface area (Å²) in [5.74, 6) is -0.0229. The van der Waals surface area contributed by atoms with E-state index in [0.717, 1.165) is 25.9 Å². The van der Waals surface area contributed by atoms with Crippen molar-refractivity contribution in [2.45, 2.75) is 44.8 Å². The summed E-state index contributed by atoms with van der Waals surface area (Å²) in [6.45, 7) is 6.27. The summed E-state index contributed by atoms with van der Waals surface area (Å²) in [7, 11) is 1.58. The molecule has 1 aliphatic heterocycles. The smallest absolute Gasteiger partial charge is 0.252 e. The van der Waals surface area contributed by atoms with Gasteiger partial charge in [-0.15, -0.1) is 0 Å². The van der Waals surface area contributed by atoms with Crippen molar-refractivity contribution >= 4 is 23.1 Å². The van der Waals surface area contributed by atoms with E-state index < -0.39 is 5.60 Å². The van der Waals surface area contributed by atoms with Crippen LogP contribution in [0.5, 0.6) is 0 Å². The Bertz CT molecular complexity index is 324. The molecule has 0 aliphatic carbocycles. The molecule has 0 aromatic carbocycles. The molecule has 1 amide bonds. The molecule has 6 heteroatoms. The van der Waals surface area contributed by atoms with Gasteiger partial charge in [-0.3, -0.25) is 9.69 Å². The van der Waals surface area contributed by atoms with Gasteiger partial charge >= 0.3 is 0 Å². The minimum atomic E-state index is -0.726. The van der Waals surface area contributed by atoms with Gasteiger partial charge in [0.2, 0.25) is 0 Å². The molecular weight excluding hydrogens is 262 g/mol. The number of nitrogens with zero attached hydrogens (tertiary/aromatic N) is 1. The van der Waals surface area contributed by atoms with Crippen molar-refractivity contribution in [2.24, 2.45) is 5.73 Å². The summed E-state index contributed by atoms with van der Waals surface area (Å²) in [6.07, 6.45) is 2.52. The largest absolute Gasteiger partial charge is 0.392 e. The summed E-state index contributed by atoms with van der Waals surface area (Å²) in [5, 5.41) is 3.08. The van der Waals surface area contributed by atoms with Crippen LogP contribution in [-0.4, -0.2) is 54.2 Å². The molecule has 0 saturated carbocycles. The topological polar surface area (TPSA) is 67.6 Å². The zero-order valence-electron chi connectivity index (χ0n) is 12.1. The lowest BCUT2D eigenvalue weighted by atomic mass is 9.99. The Labute approximate surface area is 120 Å². The molecule has 0 aromatic rings. The molecule has 1 fully saturated rings. The normalized spacial score (nSPS) is 20.8. The van der Waals surface area contributed by atoms with Gasteiger partial charge in [-0.2, -0.15) is 0 Å². The summed E-state index contributed by atoms with van der Waals surface area (Å²) in [5.41, 5.74) is 4.81. The van der Waals surface area contributed by atoms with Crippen LogP contribution in [0, 0.1) is 0 Å². The fraction of sp³-hybridized carbons (Fsp3) is 0.846. The molecule has 3 N–H and O–H groups in total. The van der Waals surface area contributed by atoms with Crippen LogP contribution in [0.4, 0.5) is 0 Å². The molecule has 0 spiro atoms. The second-order valence-corrected chi connectivity index (χ2v) is 5.80. The molecule has 1 atom stereocenters. The quantitative estimate of drug-likeness (QED) is 0.703. The van der Waals surface area contributed by atoms with E-state index in [-0.39, 0.29) is 11.9 Å². The van der Waals surface area contributed by atoms with Gasteiger partial charge in [0.25, 0.3) is 5.91 Å². The molecular formula is C13H25N3O2S. The summed E-state index contributed by atoms with van der Waals surface area (Å²) < 4.78 is 5.31. The number of nitrogens with two attached hydrogens (primary N) is 1. The highest BCUT2D eigenvalue weighted by Gasteiger charge is 2.33.